The highest BCUT2D eigenvalue weighted by Crippen LogP contribution is 2.42. The van der Waals surface area contributed by atoms with Crippen LogP contribution >= 0.6 is 11.3 Å². The number of amides is 2. The third-order valence-electron chi connectivity index (χ3n) is 5.43. The van der Waals surface area contributed by atoms with Crippen LogP contribution in [0.5, 0.6) is 0 Å². The number of carbonyl (C=O) groups excluding carboxylic acids is 2. The second-order valence-electron chi connectivity index (χ2n) is 7.07. The van der Waals surface area contributed by atoms with Gasteiger partial charge in [0.2, 0.25) is 0 Å². The Balaban J connectivity index is 1.66. The Morgan fingerprint density at radius 2 is 2.11 bits per heavy atom. The summed E-state index contributed by atoms with van der Waals surface area (Å²) in [6.45, 7) is 4.57. The van der Waals surface area contributed by atoms with Crippen molar-refractivity contribution in [3.63, 3.8) is 0 Å². The van der Waals surface area contributed by atoms with Crippen molar-refractivity contribution in [2.75, 3.05) is 13.2 Å². The first-order chi connectivity index (χ1) is 13.1. The molecular weight excluding hydrogens is 362 g/mol. The van der Waals surface area contributed by atoms with Crippen molar-refractivity contribution in [2.24, 2.45) is 0 Å². The van der Waals surface area contributed by atoms with E-state index in [1.54, 1.807) is 6.92 Å². The van der Waals surface area contributed by atoms with Crippen molar-refractivity contribution in [1.82, 2.24) is 14.8 Å². The fourth-order valence-electron chi connectivity index (χ4n) is 4.07. The normalized spacial score (nSPS) is 18.1. The molecule has 0 radical (unpaired) electrons. The van der Waals surface area contributed by atoms with Crippen LogP contribution in [-0.2, 0) is 28.9 Å². The molecule has 0 spiro atoms. The van der Waals surface area contributed by atoms with Crippen molar-refractivity contribution in [3.8, 4) is 5.00 Å². The lowest BCUT2D eigenvalue weighted by molar-refractivity contribution is -0.141. The van der Waals surface area contributed by atoms with Crippen LogP contribution in [-0.4, -0.2) is 34.6 Å². The first-order valence-corrected chi connectivity index (χ1v) is 10.4. The molecule has 1 aliphatic heterocycles. The molecule has 2 amide bonds. The van der Waals surface area contributed by atoms with Gasteiger partial charge in [0.1, 0.15) is 11.5 Å². The number of thiophene rings is 1. The number of esters is 1. The summed E-state index contributed by atoms with van der Waals surface area (Å²) in [5.41, 5.74) is 3.79. The number of aromatic nitrogens is 1. The average Bonchev–Trinajstić information content (AvgIpc) is 3.26. The predicted molar refractivity (Wildman–Crippen MR) is 104 cm³/mol. The number of carbonyl (C=O) groups is 2. The third kappa shape index (κ3) is 3.25. The number of hydrogen-bond donors (Lipinski definition) is 1. The van der Waals surface area contributed by atoms with Gasteiger partial charge in [-0.2, -0.15) is 0 Å². The van der Waals surface area contributed by atoms with E-state index in [1.165, 1.54) is 33.8 Å². The van der Waals surface area contributed by atoms with Gasteiger partial charge in [0.05, 0.1) is 19.2 Å². The van der Waals surface area contributed by atoms with Crippen LogP contribution in [0.15, 0.2) is 18.3 Å². The first-order valence-electron chi connectivity index (χ1n) is 9.61. The summed E-state index contributed by atoms with van der Waals surface area (Å²) in [6.07, 6.45) is 6.76. The number of nitrogens with one attached hydrogen (secondary N) is 1. The maximum Gasteiger partial charge on any atom is 0.325 e. The van der Waals surface area contributed by atoms with Gasteiger partial charge >= 0.3 is 12.0 Å². The molecule has 7 heteroatoms. The second kappa shape index (κ2) is 7.38. The van der Waals surface area contributed by atoms with Crippen LogP contribution in [0.3, 0.4) is 0 Å². The first kappa shape index (κ1) is 18.1. The van der Waals surface area contributed by atoms with E-state index in [4.69, 9.17) is 4.74 Å². The molecular formula is C20H25N3O3S. The highest BCUT2D eigenvalue weighted by Gasteiger charge is 2.33. The SMILES string of the molecule is CCOC(=O)CNC(=O)N1Cc2c(sc3c2CCCC3)-n2cccc2[C@H]1C. The zero-order chi connectivity index (χ0) is 19.0. The van der Waals surface area contributed by atoms with Crippen LogP contribution < -0.4 is 5.32 Å². The smallest absolute Gasteiger partial charge is 0.325 e. The summed E-state index contributed by atoms with van der Waals surface area (Å²) in [6, 6.07) is 3.80. The summed E-state index contributed by atoms with van der Waals surface area (Å²) in [5.74, 6) is -0.412. The van der Waals surface area contributed by atoms with E-state index < -0.39 is 5.97 Å². The van der Waals surface area contributed by atoms with Crippen LogP contribution in [0, 0.1) is 0 Å². The Kier molecular flexibility index (Phi) is 4.95. The highest BCUT2D eigenvalue weighted by atomic mass is 32.1. The molecule has 0 saturated heterocycles. The van der Waals surface area contributed by atoms with Crippen molar-refractivity contribution >= 4 is 23.3 Å². The molecule has 0 saturated carbocycles. The summed E-state index contributed by atoms with van der Waals surface area (Å²) < 4.78 is 7.16. The maximum atomic E-state index is 12.9. The molecule has 6 nitrogen and oxygen atoms in total. The molecule has 0 unspecified atom stereocenters. The number of aryl methyl sites for hydroxylation is 1. The van der Waals surface area contributed by atoms with Crippen LogP contribution in [0.1, 0.15) is 54.4 Å². The minimum absolute atomic E-state index is 0.0824. The van der Waals surface area contributed by atoms with Crippen molar-refractivity contribution in [3.05, 3.63) is 40.0 Å². The third-order valence-corrected chi connectivity index (χ3v) is 6.77. The molecule has 2 aromatic rings. The molecule has 1 atom stereocenters. The van der Waals surface area contributed by atoms with Crippen molar-refractivity contribution < 1.29 is 14.3 Å². The van der Waals surface area contributed by atoms with E-state index in [0.29, 0.717) is 13.2 Å². The lowest BCUT2D eigenvalue weighted by Gasteiger charge is -2.28. The monoisotopic (exact) mass is 387 g/mol. The average molecular weight is 388 g/mol. The van der Waals surface area contributed by atoms with E-state index in [1.807, 2.05) is 29.2 Å². The number of rotatable bonds is 3. The van der Waals surface area contributed by atoms with Crippen molar-refractivity contribution in [1.29, 1.82) is 0 Å². The van der Waals surface area contributed by atoms with Gasteiger partial charge in [-0.1, -0.05) is 0 Å². The van der Waals surface area contributed by atoms with Gasteiger partial charge in [-0.3, -0.25) is 4.79 Å². The summed E-state index contributed by atoms with van der Waals surface area (Å²) in [4.78, 5) is 27.8. The van der Waals surface area contributed by atoms with Gasteiger partial charge in [0, 0.05) is 22.3 Å². The van der Waals surface area contributed by atoms with Gasteiger partial charge in [0.25, 0.3) is 0 Å². The summed E-state index contributed by atoms with van der Waals surface area (Å²) in [7, 11) is 0. The topological polar surface area (TPSA) is 63.6 Å². The molecule has 0 bridgehead atoms. The molecule has 2 aliphatic rings. The zero-order valence-corrected chi connectivity index (χ0v) is 16.6. The quantitative estimate of drug-likeness (QED) is 0.819. The minimum Gasteiger partial charge on any atom is -0.465 e. The van der Waals surface area contributed by atoms with Gasteiger partial charge in [-0.05, 0) is 57.2 Å². The van der Waals surface area contributed by atoms with E-state index in [2.05, 4.69) is 22.1 Å². The van der Waals surface area contributed by atoms with Gasteiger partial charge in [0.15, 0.2) is 0 Å². The minimum atomic E-state index is -0.412. The van der Waals surface area contributed by atoms with E-state index in [9.17, 15) is 9.59 Å². The number of urea groups is 1. The largest absolute Gasteiger partial charge is 0.465 e. The van der Waals surface area contributed by atoms with Crippen LogP contribution in [0.25, 0.3) is 5.00 Å². The van der Waals surface area contributed by atoms with Crippen LogP contribution in [0.4, 0.5) is 4.79 Å². The highest BCUT2D eigenvalue weighted by molar-refractivity contribution is 7.15. The molecule has 27 heavy (non-hydrogen) atoms. The Labute approximate surface area is 163 Å². The maximum absolute atomic E-state index is 12.9. The zero-order valence-electron chi connectivity index (χ0n) is 15.8. The summed E-state index contributed by atoms with van der Waals surface area (Å²) in [5, 5.41) is 3.97. The molecule has 1 aliphatic carbocycles. The molecule has 144 valence electrons. The van der Waals surface area contributed by atoms with E-state index in [-0.39, 0.29) is 18.6 Å². The molecule has 0 fully saturated rings. The molecule has 4 rings (SSSR count). The van der Waals surface area contributed by atoms with Gasteiger partial charge in [-0.15, -0.1) is 11.3 Å². The Morgan fingerprint density at radius 3 is 2.93 bits per heavy atom. The molecule has 2 aromatic heterocycles. The fourth-order valence-corrected chi connectivity index (χ4v) is 5.47. The van der Waals surface area contributed by atoms with E-state index >= 15 is 0 Å². The van der Waals surface area contributed by atoms with Crippen LogP contribution in [0.2, 0.25) is 0 Å². The Bertz CT molecular complexity index is 870. The molecule has 1 N–H and O–H groups in total. The van der Waals surface area contributed by atoms with Crippen molar-refractivity contribution in [2.45, 2.75) is 52.1 Å². The molecule has 3 heterocycles. The Morgan fingerprint density at radius 1 is 1.30 bits per heavy atom. The number of nitrogens with zero attached hydrogens (tertiary/aromatic N) is 2. The Hall–Kier alpha value is -2.28. The summed E-state index contributed by atoms with van der Waals surface area (Å²) >= 11 is 1.87. The van der Waals surface area contributed by atoms with E-state index in [0.717, 1.165) is 18.5 Å². The van der Waals surface area contributed by atoms with Gasteiger partial charge in [-0.25, -0.2) is 4.79 Å². The predicted octanol–water partition coefficient (Wildman–Crippen LogP) is 3.57. The second-order valence-corrected chi connectivity index (χ2v) is 8.15. The fraction of sp³-hybridized carbons (Fsp3) is 0.500. The number of fused-ring (bicyclic) bond motifs is 5. The number of hydrogen-bond acceptors (Lipinski definition) is 4. The lowest BCUT2D eigenvalue weighted by Crippen LogP contribution is -2.43. The number of ether oxygens (including phenoxy) is 1. The van der Waals surface area contributed by atoms with Gasteiger partial charge < -0.3 is 19.5 Å². The molecule has 0 aromatic carbocycles. The lowest BCUT2D eigenvalue weighted by atomic mass is 9.95. The standard InChI is InChI=1S/C20H25N3O3S/c1-3-26-18(24)11-21-20(25)23-12-15-14-7-4-5-9-17(14)27-19(15)22-10-6-8-16(22)13(23)2/h6,8,10,13H,3-5,7,9,11-12H2,1-2H3,(H,21,25)/t13-/m1/s1.